The van der Waals surface area contributed by atoms with Crippen LogP contribution in [0.1, 0.15) is 11.1 Å². The maximum atomic E-state index is 12.9. The molecular weight excluding hydrogens is 502 g/mol. The van der Waals surface area contributed by atoms with Crippen molar-refractivity contribution in [3.63, 3.8) is 0 Å². The predicted molar refractivity (Wildman–Crippen MR) is 134 cm³/mol. The van der Waals surface area contributed by atoms with Crippen molar-refractivity contribution in [2.45, 2.75) is 11.8 Å². The summed E-state index contributed by atoms with van der Waals surface area (Å²) in [5, 5.41) is 23.4. The number of methoxy groups -OCH3 is 2. The first-order valence-corrected chi connectivity index (χ1v) is 11.9. The SMILES string of the molecule is COc1ccc(NC(=O)/C(C#N)=C/c2cccc(OC)c2OS(=O)(=O)c2ccc(C)cc2)c([N+](=O)[O-])c1. The number of hydrogen-bond acceptors (Lipinski definition) is 9. The zero-order valence-corrected chi connectivity index (χ0v) is 20.7. The van der Waals surface area contributed by atoms with Crippen molar-refractivity contribution in [1.82, 2.24) is 0 Å². The molecule has 3 aromatic carbocycles. The zero-order chi connectivity index (χ0) is 27.2. The Bertz CT molecular complexity index is 1520. The lowest BCUT2D eigenvalue weighted by molar-refractivity contribution is -0.384. The zero-order valence-electron chi connectivity index (χ0n) is 19.9. The Morgan fingerprint density at radius 3 is 2.38 bits per heavy atom. The van der Waals surface area contributed by atoms with E-state index in [4.69, 9.17) is 13.7 Å². The normalized spacial score (nSPS) is 11.2. The number of nitro benzene ring substituents is 1. The van der Waals surface area contributed by atoms with Gasteiger partial charge in [0.15, 0.2) is 11.5 Å². The molecule has 0 aliphatic rings. The number of rotatable bonds is 9. The fourth-order valence-corrected chi connectivity index (χ4v) is 4.11. The number of ether oxygens (including phenoxy) is 2. The third-order valence-corrected chi connectivity index (χ3v) is 6.28. The second-order valence-corrected chi connectivity index (χ2v) is 9.04. The largest absolute Gasteiger partial charge is 0.496 e. The van der Waals surface area contributed by atoms with Gasteiger partial charge in [0.05, 0.1) is 25.2 Å². The molecule has 1 N–H and O–H groups in total. The van der Waals surface area contributed by atoms with Crippen molar-refractivity contribution in [2.24, 2.45) is 0 Å². The number of nitro groups is 1. The molecule has 0 bridgehead atoms. The molecule has 1 amide bonds. The summed E-state index contributed by atoms with van der Waals surface area (Å²) >= 11 is 0. The number of benzene rings is 3. The van der Waals surface area contributed by atoms with Crippen LogP contribution in [0.2, 0.25) is 0 Å². The minimum absolute atomic E-state index is 0.0351. The maximum absolute atomic E-state index is 12.9. The lowest BCUT2D eigenvalue weighted by Crippen LogP contribution is -2.15. The molecule has 0 atom stereocenters. The Morgan fingerprint density at radius 2 is 1.78 bits per heavy atom. The van der Waals surface area contributed by atoms with Gasteiger partial charge in [-0.25, -0.2) is 0 Å². The van der Waals surface area contributed by atoms with Gasteiger partial charge in [-0.3, -0.25) is 14.9 Å². The van der Waals surface area contributed by atoms with Crippen molar-refractivity contribution in [3.05, 3.63) is 87.5 Å². The van der Waals surface area contributed by atoms with Gasteiger partial charge in [-0.05, 0) is 43.3 Å². The third kappa shape index (κ3) is 6.22. The monoisotopic (exact) mass is 523 g/mol. The summed E-state index contributed by atoms with van der Waals surface area (Å²) in [6.07, 6.45) is 1.09. The molecule has 0 radical (unpaired) electrons. The summed E-state index contributed by atoms with van der Waals surface area (Å²) in [7, 11) is -1.66. The fourth-order valence-electron chi connectivity index (χ4n) is 3.15. The van der Waals surface area contributed by atoms with E-state index in [0.29, 0.717) is 0 Å². The molecule has 190 valence electrons. The minimum atomic E-state index is -4.30. The molecule has 0 heterocycles. The predicted octanol–water partition coefficient (Wildman–Crippen LogP) is 4.23. The standard InChI is InChI=1S/C25H21N3O8S/c1-16-7-10-20(11-8-16)37(32,33)36-24-17(5-4-6-23(24)35-3)13-18(15-26)25(29)27-21-12-9-19(34-2)14-22(21)28(30)31/h4-14H,1-3H3,(H,27,29)/b18-13+. The quantitative estimate of drug-likeness (QED) is 0.142. The number of nitriles is 1. The lowest BCUT2D eigenvalue weighted by Gasteiger charge is -2.14. The van der Waals surface area contributed by atoms with Crippen LogP contribution < -0.4 is 19.0 Å². The first-order valence-electron chi connectivity index (χ1n) is 10.5. The van der Waals surface area contributed by atoms with Crippen LogP contribution in [-0.4, -0.2) is 33.5 Å². The van der Waals surface area contributed by atoms with E-state index in [1.54, 1.807) is 25.1 Å². The maximum Gasteiger partial charge on any atom is 0.339 e. The first kappa shape index (κ1) is 26.7. The summed E-state index contributed by atoms with van der Waals surface area (Å²) in [4.78, 5) is 23.4. The molecule has 0 aliphatic heterocycles. The van der Waals surface area contributed by atoms with E-state index in [-0.39, 0.29) is 33.4 Å². The number of amides is 1. The van der Waals surface area contributed by atoms with E-state index in [9.17, 15) is 28.6 Å². The average molecular weight is 524 g/mol. The van der Waals surface area contributed by atoms with Crippen LogP contribution in [0.5, 0.6) is 17.2 Å². The number of nitrogens with zero attached hydrogens (tertiary/aromatic N) is 2. The van der Waals surface area contributed by atoms with Crippen molar-refractivity contribution in [1.29, 1.82) is 5.26 Å². The van der Waals surface area contributed by atoms with Crippen LogP contribution in [0, 0.1) is 28.4 Å². The van der Waals surface area contributed by atoms with Gasteiger partial charge in [0, 0.05) is 5.56 Å². The molecule has 0 aliphatic carbocycles. The van der Waals surface area contributed by atoms with Gasteiger partial charge in [0.1, 0.15) is 28.0 Å². The molecule has 0 unspecified atom stereocenters. The van der Waals surface area contributed by atoms with E-state index in [1.165, 1.54) is 56.7 Å². The average Bonchev–Trinajstić information content (AvgIpc) is 2.88. The highest BCUT2D eigenvalue weighted by atomic mass is 32.2. The molecule has 0 saturated carbocycles. The number of nitrogens with one attached hydrogen (secondary N) is 1. The summed E-state index contributed by atoms with van der Waals surface area (Å²) in [6.45, 7) is 1.80. The molecular formula is C25H21N3O8S. The third-order valence-electron chi connectivity index (χ3n) is 5.05. The molecule has 37 heavy (non-hydrogen) atoms. The van der Waals surface area contributed by atoms with Crippen molar-refractivity contribution in [3.8, 4) is 23.3 Å². The van der Waals surface area contributed by atoms with E-state index >= 15 is 0 Å². The van der Waals surface area contributed by atoms with Gasteiger partial charge in [0.2, 0.25) is 0 Å². The van der Waals surface area contributed by atoms with Gasteiger partial charge < -0.3 is 19.0 Å². The van der Waals surface area contributed by atoms with E-state index in [0.717, 1.165) is 17.7 Å². The number of para-hydroxylation sites is 1. The molecule has 0 saturated heterocycles. The molecule has 0 aromatic heterocycles. The van der Waals surface area contributed by atoms with E-state index in [2.05, 4.69) is 5.32 Å². The van der Waals surface area contributed by atoms with Gasteiger partial charge in [0.25, 0.3) is 11.6 Å². The molecule has 0 spiro atoms. The highest BCUT2D eigenvalue weighted by Crippen LogP contribution is 2.35. The smallest absolute Gasteiger partial charge is 0.339 e. The fraction of sp³-hybridized carbons (Fsp3) is 0.120. The van der Waals surface area contributed by atoms with Gasteiger partial charge in [-0.1, -0.05) is 29.8 Å². The molecule has 11 nitrogen and oxygen atoms in total. The van der Waals surface area contributed by atoms with Crippen molar-refractivity contribution < 1.29 is 31.8 Å². The highest BCUT2D eigenvalue weighted by molar-refractivity contribution is 7.87. The number of aryl methyl sites for hydroxylation is 1. The Kier molecular flexibility index (Phi) is 8.11. The van der Waals surface area contributed by atoms with Crippen LogP contribution in [-0.2, 0) is 14.9 Å². The molecule has 12 heteroatoms. The van der Waals surface area contributed by atoms with Crippen LogP contribution in [0.15, 0.2) is 71.1 Å². The van der Waals surface area contributed by atoms with Crippen LogP contribution >= 0.6 is 0 Å². The van der Waals surface area contributed by atoms with Crippen LogP contribution in [0.3, 0.4) is 0 Å². The van der Waals surface area contributed by atoms with Crippen molar-refractivity contribution >= 4 is 33.5 Å². The Labute approximate surface area is 212 Å². The van der Waals surface area contributed by atoms with Crippen molar-refractivity contribution in [2.75, 3.05) is 19.5 Å². The second-order valence-electron chi connectivity index (χ2n) is 7.49. The van der Waals surface area contributed by atoms with Crippen LogP contribution in [0.4, 0.5) is 11.4 Å². The molecule has 3 rings (SSSR count). The second kappa shape index (κ2) is 11.2. The van der Waals surface area contributed by atoms with Gasteiger partial charge >= 0.3 is 10.1 Å². The van der Waals surface area contributed by atoms with E-state index < -0.39 is 32.2 Å². The topological polar surface area (TPSA) is 158 Å². The summed E-state index contributed by atoms with van der Waals surface area (Å²) < 4.78 is 41.4. The summed E-state index contributed by atoms with van der Waals surface area (Å²) in [6, 6.07) is 15.9. The van der Waals surface area contributed by atoms with Crippen LogP contribution in [0.25, 0.3) is 6.08 Å². The lowest BCUT2D eigenvalue weighted by atomic mass is 10.1. The summed E-state index contributed by atoms with van der Waals surface area (Å²) in [5.41, 5.74) is -0.191. The van der Waals surface area contributed by atoms with Gasteiger partial charge in [-0.15, -0.1) is 0 Å². The number of carbonyl (C=O) groups excluding carboxylic acids is 1. The molecule has 0 fully saturated rings. The molecule has 3 aromatic rings. The number of carbonyl (C=O) groups is 1. The highest BCUT2D eigenvalue weighted by Gasteiger charge is 2.23. The van der Waals surface area contributed by atoms with Gasteiger partial charge in [-0.2, -0.15) is 13.7 Å². The first-order chi connectivity index (χ1) is 17.6. The Morgan fingerprint density at radius 1 is 1.08 bits per heavy atom. The Hall–Kier alpha value is -4.89. The van der Waals surface area contributed by atoms with E-state index in [1.807, 2.05) is 0 Å². The number of hydrogen-bond donors (Lipinski definition) is 1. The minimum Gasteiger partial charge on any atom is -0.496 e. The Balaban J connectivity index is 2.00. The number of anilines is 1. The summed E-state index contributed by atoms with van der Waals surface area (Å²) in [5.74, 6) is -0.978.